The summed E-state index contributed by atoms with van der Waals surface area (Å²) >= 11 is 0. The normalized spacial score (nSPS) is 23.5. The zero-order chi connectivity index (χ0) is 28.6. The van der Waals surface area contributed by atoms with Gasteiger partial charge in [0.05, 0.1) is 6.54 Å². The highest BCUT2D eigenvalue weighted by Gasteiger charge is 2.40. The first-order chi connectivity index (χ1) is 20.5. The molecule has 8 heteroatoms. The van der Waals surface area contributed by atoms with Gasteiger partial charge in [-0.25, -0.2) is 0 Å². The van der Waals surface area contributed by atoms with Gasteiger partial charge in [0.1, 0.15) is 0 Å². The number of benzene rings is 3. The summed E-state index contributed by atoms with van der Waals surface area (Å²) in [6.45, 7) is 7.65. The van der Waals surface area contributed by atoms with Crippen LogP contribution in [0.1, 0.15) is 45.5 Å². The number of likely N-dealkylation sites (tertiary alicyclic amines) is 1. The summed E-state index contributed by atoms with van der Waals surface area (Å²) in [6.07, 6.45) is 3.39. The van der Waals surface area contributed by atoms with Crippen molar-refractivity contribution >= 4 is 28.5 Å². The first kappa shape index (κ1) is 27.3. The van der Waals surface area contributed by atoms with Crippen molar-refractivity contribution in [3.8, 4) is 0 Å². The molecule has 3 aromatic carbocycles. The Morgan fingerprint density at radius 3 is 1.95 bits per heavy atom. The van der Waals surface area contributed by atoms with E-state index in [-0.39, 0.29) is 17.7 Å². The highest BCUT2D eigenvalue weighted by molar-refractivity contribution is 6.25. The summed E-state index contributed by atoms with van der Waals surface area (Å²) in [5.74, 6) is -0.138. The van der Waals surface area contributed by atoms with Gasteiger partial charge in [-0.15, -0.1) is 0 Å². The van der Waals surface area contributed by atoms with Gasteiger partial charge in [0.2, 0.25) is 5.91 Å². The SMILES string of the molecule is O=C1c2cccc3cccc(c23)C(=O)N1CCN1CCN(CC(=O)N2C3CCCC2CN(Cc2ccccc2)C3)CC1. The minimum absolute atomic E-state index is 0.206. The number of nitrogens with zero attached hydrogens (tertiary/aromatic N) is 5. The molecule has 3 amide bonds. The molecule has 0 aliphatic carbocycles. The second-order valence-electron chi connectivity index (χ2n) is 12.3. The van der Waals surface area contributed by atoms with Gasteiger partial charge in [0, 0.05) is 87.5 Å². The van der Waals surface area contributed by atoms with Crippen LogP contribution in [0, 0.1) is 0 Å². The van der Waals surface area contributed by atoms with Gasteiger partial charge in [-0.05, 0) is 42.3 Å². The largest absolute Gasteiger partial charge is 0.333 e. The lowest BCUT2D eigenvalue weighted by molar-refractivity contribution is -0.145. The predicted octanol–water partition coefficient (Wildman–Crippen LogP) is 3.32. The lowest BCUT2D eigenvalue weighted by atomic mass is 9.90. The number of imide groups is 1. The molecule has 2 unspecified atom stereocenters. The first-order valence-corrected chi connectivity index (χ1v) is 15.5. The summed E-state index contributed by atoms with van der Waals surface area (Å²) in [5, 5.41) is 1.70. The molecule has 2 bridgehead atoms. The van der Waals surface area contributed by atoms with Gasteiger partial charge in [0.25, 0.3) is 11.8 Å². The van der Waals surface area contributed by atoms with Crippen molar-refractivity contribution in [2.45, 2.75) is 37.9 Å². The molecule has 4 aliphatic heterocycles. The lowest BCUT2D eigenvalue weighted by Crippen LogP contribution is -2.64. The molecule has 0 saturated carbocycles. The maximum Gasteiger partial charge on any atom is 0.261 e. The third-order valence-electron chi connectivity index (χ3n) is 9.66. The number of hydrogen-bond acceptors (Lipinski definition) is 6. The lowest BCUT2D eigenvalue weighted by Gasteiger charge is -2.50. The summed E-state index contributed by atoms with van der Waals surface area (Å²) in [5.41, 5.74) is 2.55. The molecule has 0 N–H and O–H groups in total. The van der Waals surface area contributed by atoms with Crippen molar-refractivity contribution in [3.63, 3.8) is 0 Å². The maximum atomic E-state index is 13.6. The van der Waals surface area contributed by atoms with E-state index in [4.69, 9.17) is 0 Å². The van der Waals surface area contributed by atoms with Crippen LogP contribution in [-0.2, 0) is 11.3 Å². The molecule has 4 aliphatic rings. The molecule has 2 atom stereocenters. The Morgan fingerprint density at radius 2 is 1.31 bits per heavy atom. The molecule has 0 spiro atoms. The van der Waals surface area contributed by atoms with E-state index < -0.39 is 0 Å². The molecule has 3 fully saturated rings. The Balaban J connectivity index is 0.908. The number of piperidine rings is 1. The minimum Gasteiger partial charge on any atom is -0.333 e. The van der Waals surface area contributed by atoms with E-state index in [1.807, 2.05) is 36.4 Å². The molecule has 7 rings (SSSR count). The van der Waals surface area contributed by atoms with E-state index in [9.17, 15) is 14.4 Å². The van der Waals surface area contributed by atoms with Gasteiger partial charge in [-0.3, -0.25) is 34.0 Å². The number of amides is 3. The molecule has 0 aromatic heterocycles. The van der Waals surface area contributed by atoms with Crippen molar-refractivity contribution in [2.24, 2.45) is 0 Å². The smallest absolute Gasteiger partial charge is 0.261 e. The van der Waals surface area contributed by atoms with Crippen LogP contribution in [0.3, 0.4) is 0 Å². The summed E-state index contributed by atoms with van der Waals surface area (Å²) in [4.78, 5) is 50.8. The van der Waals surface area contributed by atoms with E-state index >= 15 is 0 Å². The van der Waals surface area contributed by atoms with E-state index in [1.54, 1.807) is 0 Å². The third kappa shape index (κ3) is 5.23. The van der Waals surface area contributed by atoms with Gasteiger partial charge >= 0.3 is 0 Å². The highest BCUT2D eigenvalue weighted by atomic mass is 16.2. The van der Waals surface area contributed by atoms with Crippen LogP contribution in [-0.4, -0.2) is 113 Å². The second-order valence-corrected chi connectivity index (χ2v) is 12.3. The van der Waals surface area contributed by atoms with E-state index in [1.165, 1.54) is 16.9 Å². The Labute approximate surface area is 247 Å². The predicted molar refractivity (Wildman–Crippen MR) is 162 cm³/mol. The van der Waals surface area contributed by atoms with Crippen LogP contribution in [0.2, 0.25) is 0 Å². The van der Waals surface area contributed by atoms with Crippen LogP contribution in [0.25, 0.3) is 10.8 Å². The van der Waals surface area contributed by atoms with Gasteiger partial charge in [0.15, 0.2) is 0 Å². The van der Waals surface area contributed by atoms with E-state index in [0.717, 1.165) is 69.4 Å². The second kappa shape index (κ2) is 11.6. The molecule has 8 nitrogen and oxygen atoms in total. The molecule has 3 aromatic rings. The standard InChI is InChI=1S/C34H39N5O3/c40-31(39-27-11-6-12-28(39)23-37(22-27)21-25-7-2-1-3-8-25)24-36-17-15-35(16-18-36)19-20-38-33(41)29-13-4-9-26-10-5-14-30(32(26)29)34(38)42/h1-5,7-10,13-14,27-28H,6,11-12,15-24H2. The van der Waals surface area contributed by atoms with E-state index in [2.05, 4.69) is 49.9 Å². The monoisotopic (exact) mass is 565 g/mol. The fraction of sp³-hybridized carbons (Fsp3) is 0.441. The Hall–Kier alpha value is -3.59. The molecule has 0 radical (unpaired) electrons. The number of rotatable bonds is 7. The van der Waals surface area contributed by atoms with Gasteiger partial charge in [-0.1, -0.05) is 54.6 Å². The van der Waals surface area contributed by atoms with Gasteiger partial charge in [-0.2, -0.15) is 0 Å². The topological polar surface area (TPSA) is 67.4 Å². The fourth-order valence-electron chi connectivity index (χ4n) is 7.54. The zero-order valence-corrected chi connectivity index (χ0v) is 24.2. The fourth-order valence-corrected chi connectivity index (χ4v) is 7.54. The Kier molecular flexibility index (Phi) is 7.52. The average molecular weight is 566 g/mol. The van der Waals surface area contributed by atoms with Crippen LogP contribution in [0.5, 0.6) is 0 Å². The zero-order valence-electron chi connectivity index (χ0n) is 24.2. The maximum absolute atomic E-state index is 13.6. The van der Waals surface area contributed by atoms with Crippen molar-refractivity contribution in [2.75, 3.05) is 58.9 Å². The quantitative estimate of drug-likeness (QED) is 0.410. The Morgan fingerprint density at radius 1 is 0.690 bits per heavy atom. The summed E-state index contributed by atoms with van der Waals surface area (Å²) in [6, 6.07) is 22.6. The van der Waals surface area contributed by atoms with Crippen molar-refractivity contribution in [1.29, 1.82) is 0 Å². The average Bonchev–Trinajstić information content (AvgIpc) is 3.00. The van der Waals surface area contributed by atoms with E-state index in [0.29, 0.717) is 42.8 Å². The number of carbonyl (C=O) groups is 3. The molecular weight excluding hydrogens is 526 g/mol. The number of piperazine rings is 2. The van der Waals surface area contributed by atoms with Crippen LogP contribution < -0.4 is 0 Å². The molecule has 3 saturated heterocycles. The molecule has 4 heterocycles. The van der Waals surface area contributed by atoms with Crippen molar-refractivity contribution in [3.05, 3.63) is 83.4 Å². The third-order valence-corrected chi connectivity index (χ3v) is 9.66. The summed E-state index contributed by atoms with van der Waals surface area (Å²) < 4.78 is 0. The molecular formula is C34H39N5O3. The minimum atomic E-state index is -0.206. The Bertz CT molecular complexity index is 1420. The highest BCUT2D eigenvalue weighted by Crippen LogP contribution is 2.31. The van der Waals surface area contributed by atoms with Crippen LogP contribution in [0.4, 0.5) is 0 Å². The van der Waals surface area contributed by atoms with Crippen LogP contribution >= 0.6 is 0 Å². The number of hydrogen-bond donors (Lipinski definition) is 0. The molecule has 218 valence electrons. The first-order valence-electron chi connectivity index (χ1n) is 15.5. The summed E-state index contributed by atoms with van der Waals surface area (Å²) in [7, 11) is 0. The number of fused-ring (bicyclic) bond motifs is 2. The van der Waals surface area contributed by atoms with Crippen molar-refractivity contribution in [1.82, 2.24) is 24.5 Å². The van der Waals surface area contributed by atoms with Gasteiger partial charge < -0.3 is 4.90 Å². The van der Waals surface area contributed by atoms with Crippen molar-refractivity contribution < 1.29 is 14.4 Å². The van der Waals surface area contributed by atoms with Crippen LogP contribution in [0.15, 0.2) is 66.7 Å². The number of carbonyl (C=O) groups excluding carboxylic acids is 3. The molecule has 42 heavy (non-hydrogen) atoms.